The molecule has 9 heteroatoms. The van der Waals surface area contributed by atoms with E-state index in [2.05, 4.69) is 16.1 Å². The number of pyridine rings is 1. The van der Waals surface area contributed by atoms with Crippen molar-refractivity contribution in [3.05, 3.63) is 71.9 Å². The van der Waals surface area contributed by atoms with Gasteiger partial charge in [-0.05, 0) is 70.0 Å². The van der Waals surface area contributed by atoms with Gasteiger partial charge in [0.1, 0.15) is 17.1 Å². The fourth-order valence-corrected chi connectivity index (χ4v) is 4.42. The van der Waals surface area contributed by atoms with Crippen molar-refractivity contribution in [1.29, 1.82) is 0 Å². The number of aryl methyl sites for hydroxylation is 1. The van der Waals surface area contributed by atoms with Crippen molar-refractivity contribution < 1.29 is 19.1 Å². The molecular formula is C29H33N5O4. The Morgan fingerprint density at radius 3 is 2.55 bits per heavy atom. The van der Waals surface area contributed by atoms with E-state index in [0.717, 1.165) is 16.6 Å². The number of rotatable bonds is 7. The van der Waals surface area contributed by atoms with Crippen molar-refractivity contribution >= 4 is 22.9 Å². The van der Waals surface area contributed by atoms with Crippen LogP contribution in [0.25, 0.3) is 10.9 Å². The van der Waals surface area contributed by atoms with Gasteiger partial charge in [-0.2, -0.15) is 5.10 Å². The van der Waals surface area contributed by atoms with E-state index < -0.39 is 11.7 Å². The number of carbonyl (C=O) groups is 2. The second-order valence-corrected chi connectivity index (χ2v) is 10.9. The van der Waals surface area contributed by atoms with Crippen LogP contribution >= 0.6 is 0 Å². The van der Waals surface area contributed by atoms with Crippen LogP contribution in [0.3, 0.4) is 0 Å². The number of carbonyl (C=O) groups excluding carboxylic acids is 2. The standard InChI is InChI=1S/C29H33N5O4/c1-29(2,3)38-28(36)32(4)18-22-15-24(10-12-30-22)37-23-8-9-25-20(14-23)11-13-34(25)27(35)17-21-16-26(19-6-7-19)33(5)31-21/h8-16,19H,6-7,17-18H2,1-5H3. The summed E-state index contributed by atoms with van der Waals surface area (Å²) in [4.78, 5) is 31.2. The molecule has 9 nitrogen and oxygen atoms in total. The lowest BCUT2D eigenvalue weighted by molar-refractivity contribution is 0.0283. The molecule has 1 aliphatic carbocycles. The molecule has 1 amide bonds. The first-order valence-electron chi connectivity index (χ1n) is 12.8. The zero-order valence-corrected chi connectivity index (χ0v) is 22.5. The van der Waals surface area contributed by atoms with E-state index in [1.807, 2.05) is 56.8 Å². The number of benzene rings is 1. The normalized spacial score (nSPS) is 13.5. The molecule has 0 radical (unpaired) electrons. The summed E-state index contributed by atoms with van der Waals surface area (Å²) in [6.45, 7) is 5.78. The first-order valence-corrected chi connectivity index (χ1v) is 12.8. The highest BCUT2D eigenvalue weighted by molar-refractivity contribution is 5.93. The quantitative estimate of drug-likeness (QED) is 0.314. The fraction of sp³-hybridized carbons (Fsp3) is 0.379. The van der Waals surface area contributed by atoms with Gasteiger partial charge in [-0.3, -0.25) is 19.0 Å². The largest absolute Gasteiger partial charge is 0.457 e. The summed E-state index contributed by atoms with van der Waals surface area (Å²) in [7, 11) is 3.61. The number of hydrogen-bond donors (Lipinski definition) is 0. The van der Waals surface area contributed by atoms with Crippen molar-refractivity contribution in [3.8, 4) is 11.5 Å². The molecule has 0 bridgehead atoms. The molecular weight excluding hydrogens is 482 g/mol. The third-order valence-corrected chi connectivity index (χ3v) is 6.35. The third-order valence-electron chi connectivity index (χ3n) is 6.35. The molecule has 1 aliphatic rings. The minimum absolute atomic E-state index is 0.0259. The van der Waals surface area contributed by atoms with E-state index in [0.29, 0.717) is 23.1 Å². The van der Waals surface area contributed by atoms with Crippen molar-refractivity contribution in [2.45, 2.75) is 58.1 Å². The highest BCUT2D eigenvalue weighted by Gasteiger charge is 2.27. The third kappa shape index (κ3) is 5.88. The van der Waals surface area contributed by atoms with Gasteiger partial charge in [0, 0.05) is 49.6 Å². The van der Waals surface area contributed by atoms with Crippen LogP contribution in [0.4, 0.5) is 4.79 Å². The lowest BCUT2D eigenvalue weighted by Crippen LogP contribution is -2.34. The van der Waals surface area contributed by atoms with Gasteiger partial charge in [0.2, 0.25) is 5.91 Å². The molecule has 5 rings (SSSR count). The van der Waals surface area contributed by atoms with E-state index in [9.17, 15) is 9.59 Å². The molecule has 0 atom stereocenters. The number of hydrogen-bond acceptors (Lipinski definition) is 6. The number of ether oxygens (including phenoxy) is 2. The summed E-state index contributed by atoms with van der Waals surface area (Å²) in [6.07, 6.45) is 5.67. The van der Waals surface area contributed by atoms with Crippen LogP contribution in [-0.4, -0.2) is 48.9 Å². The first kappa shape index (κ1) is 25.5. The molecule has 0 saturated heterocycles. The van der Waals surface area contributed by atoms with Crippen LogP contribution in [0.2, 0.25) is 0 Å². The molecule has 198 valence electrons. The topological polar surface area (TPSA) is 91.5 Å². The van der Waals surface area contributed by atoms with Crippen LogP contribution < -0.4 is 4.74 Å². The second kappa shape index (κ2) is 9.96. The second-order valence-electron chi connectivity index (χ2n) is 10.9. The first-order chi connectivity index (χ1) is 18.1. The van der Waals surface area contributed by atoms with Crippen molar-refractivity contribution in [2.75, 3.05) is 7.05 Å². The SMILES string of the molecule is CN(Cc1cc(Oc2ccc3c(ccn3C(=O)Cc3cc(C4CC4)n(C)n3)c2)ccn1)C(=O)OC(C)(C)C. The Kier molecular flexibility index (Phi) is 6.69. The lowest BCUT2D eigenvalue weighted by atomic mass is 10.2. The Bertz CT molecular complexity index is 1490. The molecule has 3 heterocycles. The van der Waals surface area contributed by atoms with E-state index >= 15 is 0 Å². The molecule has 4 aromatic rings. The monoisotopic (exact) mass is 515 g/mol. The predicted octanol–water partition coefficient (Wildman–Crippen LogP) is 5.69. The minimum Gasteiger partial charge on any atom is -0.457 e. The minimum atomic E-state index is -0.566. The number of aromatic nitrogens is 4. The van der Waals surface area contributed by atoms with Gasteiger partial charge in [0.05, 0.1) is 29.9 Å². The zero-order chi connectivity index (χ0) is 27.0. The number of nitrogens with zero attached hydrogens (tertiary/aromatic N) is 5. The van der Waals surface area contributed by atoms with E-state index in [1.54, 1.807) is 36.1 Å². The molecule has 1 fully saturated rings. The molecule has 0 N–H and O–H groups in total. The maximum Gasteiger partial charge on any atom is 0.410 e. The van der Waals surface area contributed by atoms with Gasteiger partial charge >= 0.3 is 6.09 Å². The molecule has 0 aliphatic heterocycles. The maximum absolute atomic E-state index is 13.1. The summed E-state index contributed by atoms with van der Waals surface area (Å²) in [6, 6.07) is 13.1. The average molecular weight is 516 g/mol. The highest BCUT2D eigenvalue weighted by atomic mass is 16.6. The number of fused-ring (bicyclic) bond motifs is 1. The van der Waals surface area contributed by atoms with Crippen LogP contribution in [0.5, 0.6) is 11.5 Å². The van der Waals surface area contributed by atoms with Crippen LogP contribution in [-0.2, 0) is 24.8 Å². The predicted molar refractivity (Wildman–Crippen MR) is 143 cm³/mol. The van der Waals surface area contributed by atoms with E-state index in [1.165, 1.54) is 23.4 Å². The molecule has 1 saturated carbocycles. The van der Waals surface area contributed by atoms with Gasteiger partial charge in [-0.1, -0.05) is 0 Å². The molecule has 1 aromatic carbocycles. The average Bonchev–Trinajstić information content (AvgIpc) is 3.49. The smallest absolute Gasteiger partial charge is 0.410 e. The van der Waals surface area contributed by atoms with Gasteiger partial charge in [-0.25, -0.2) is 4.79 Å². The van der Waals surface area contributed by atoms with Gasteiger partial charge < -0.3 is 14.4 Å². The van der Waals surface area contributed by atoms with Crippen LogP contribution in [0.1, 0.15) is 61.4 Å². The van der Waals surface area contributed by atoms with Gasteiger partial charge in [0.15, 0.2) is 0 Å². The summed E-state index contributed by atoms with van der Waals surface area (Å²) < 4.78 is 15.1. The van der Waals surface area contributed by atoms with Crippen molar-refractivity contribution in [3.63, 3.8) is 0 Å². The molecule has 38 heavy (non-hydrogen) atoms. The van der Waals surface area contributed by atoms with E-state index in [-0.39, 0.29) is 18.9 Å². The highest BCUT2D eigenvalue weighted by Crippen LogP contribution is 2.40. The van der Waals surface area contributed by atoms with Gasteiger partial charge in [-0.15, -0.1) is 0 Å². The summed E-state index contributed by atoms with van der Waals surface area (Å²) in [5.41, 5.74) is 2.93. The Balaban J connectivity index is 1.25. The lowest BCUT2D eigenvalue weighted by Gasteiger charge is -2.24. The van der Waals surface area contributed by atoms with Crippen LogP contribution in [0, 0.1) is 0 Å². The van der Waals surface area contributed by atoms with Crippen molar-refractivity contribution in [2.24, 2.45) is 7.05 Å². The zero-order valence-electron chi connectivity index (χ0n) is 22.5. The summed E-state index contributed by atoms with van der Waals surface area (Å²) in [5, 5.41) is 5.44. The van der Waals surface area contributed by atoms with Crippen LogP contribution in [0.15, 0.2) is 54.9 Å². The van der Waals surface area contributed by atoms with Crippen molar-refractivity contribution in [1.82, 2.24) is 24.2 Å². The molecule has 0 unspecified atom stereocenters. The maximum atomic E-state index is 13.1. The Labute approximate surface area is 222 Å². The Hall–Kier alpha value is -4.14. The Morgan fingerprint density at radius 2 is 1.82 bits per heavy atom. The van der Waals surface area contributed by atoms with Gasteiger partial charge in [0.25, 0.3) is 0 Å². The summed E-state index contributed by atoms with van der Waals surface area (Å²) >= 11 is 0. The molecule has 0 spiro atoms. The van der Waals surface area contributed by atoms with E-state index in [4.69, 9.17) is 9.47 Å². The fourth-order valence-electron chi connectivity index (χ4n) is 4.42. The summed E-state index contributed by atoms with van der Waals surface area (Å²) in [5.74, 6) is 1.80. The Morgan fingerprint density at radius 1 is 1.05 bits per heavy atom. The number of amides is 1. The molecule has 3 aromatic heterocycles.